The van der Waals surface area contributed by atoms with Gasteiger partial charge in [0, 0.05) is 23.2 Å². The van der Waals surface area contributed by atoms with E-state index < -0.39 is 0 Å². The summed E-state index contributed by atoms with van der Waals surface area (Å²) in [4.78, 5) is 12.0. The van der Waals surface area contributed by atoms with Crippen LogP contribution in [-0.4, -0.2) is 31.6 Å². The summed E-state index contributed by atoms with van der Waals surface area (Å²) in [7, 11) is 1.82. The van der Waals surface area contributed by atoms with Gasteiger partial charge in [0.25, 0.3) is 0 Å². The summed E-state index contributed by atoms with van der Waals surface area (Å²) in [5.74, 6) is 1.09. The molecule has 4 rings (SSSR count). The molecule has 1 amide bonds. The van der Waals surface area contributed by atoms with Crippen molar-refractivity contribution in [2.24, 2.45) is 7.05 Å². The van der Waals surface area contributed by atoms with Crippen molar-refractivity contribution in [2.45, 2.75) is 5.25 Å². The van der Waals surface area contributed by atoms with E-state index in [4.69, 9.17) is 11.6 Å². The molecule has 2 aromatic heterocycles. The molecule has 0 radical (unpaired) electrons. The average molecular weight is 360 g/mol. The number of fused-ring (bicyclic) bond motifs is 1. The van der Waals surface area contributed by atoms with Crippen molar-refractivity contribution in [1.82, 2.24) is 20.0 Å². The zero-order valence-corrected chi connectivity index (χ0v) is 14.4. The molecule has 1 aliphatic heterocycles. The standard InChI is InChI=1S/C16H14ClN5OS/c1-22-16-12(7-19-22)15(24-8-13(23)20-16)11-6-18-21-14(11)9-2-4-10(17)5-3-9/h2-7,15H,8H2,1H3,(H,18,21)(H,20,23)/t15-/m1/s1. The molecule has 0 aliphatic carbocycles. The van der Waals surface area contributed by atoms with Crippen molar-refractivity contribution in [3.8, 4) is 11.3 Å². The largest absolute Gasteiger partial charge is 0.310 e. The second-order valence-electron chi connectivity index (χ2n) is 5.52. The average Bonchev–Trinajstić information content (AvgIpc) is 3.14. The Morgan fingerprint density at radius 3 is 2.83 bits per heavy atom. The van der Waals surface area contributed by atoms with E-state index in [1.807, 2.05) is 37.5 Å². The summed E-state index contributed by atoms with van der Waals surface area (Å²) in [6.45, 7) is 0. The summed E-state index contributed by atoms with van der Waals surface area (Å²) in [6.07, 6.45) is 3.62. The second-order valence-corrected chi connectivity index (χ2v) is 7.05. The molecule has 2 N–H and O–H groups in total. The highest BCUT2D eigenvalue weighted by Crippen LogP contribution is 2.43. The zero-order chi connectivity index (χ0) is 16.7. The number of nitrogens with zero attached hydrogens (tertiary/aromatic N) is 3. The van der Waals surface area contributed by atoms with Crippen molar-refractivity contribution in [1.29, 1.82) is 0 Å². The highest BCUT2D eigenvalue weighted by atomic mass is 35.5. The minimum Gasteiger partial charge on any atom is -0.310 e. The van der Waals surface area contributed by atoms with E-state index in [1.165, 1.54) is 0 Å². The van der Waals surface area contributed by atoms with E-state index in [-0.39, 0.29) is 11.2 Å². The lowest BCUT2D eigenvalue weighted by Crippen LogP contribution is -2.15. The molecule has 0 unspecified atom stereocenters. The van der Waals surface area contributed by atoms with E-state index >= 15 is 0 Å². The number of aromatic nitrogens is 4. The quantitative estimate of drug-likeness (QED) is 0.736. The van der Waals surface area contributed by atoms with Gasteiger partial charge in [-0.1, -0.05) is 23.7 Å². The topological polar surface area (TPSA) is 75.6 Å². The molecule has 0 fully saturated rings. The van der Waals surface area contributed by atoms with Crippen LogP contribution in [0.5, 0.6) is 0 Å². The monoisotopic (exact) mass is 359 g/mol. The van der Waals surface area contributed by atoms with Gasteiger partial charge in [-0.05, 0) is 17.7 Å². The summed E-state index contributed by atoms with van der Waals surface area (Å²) in [5.41, 5.74) is 3.92. The minimum atomic E-state index is -0.0305. The van der Waals surface area contributed by atoms with Gasteiger partial charge < -0.3 is 5.32 Å². The fourth-order valence-corrected chi connectivity index (χ4v) is 4.04. The molecule has 3 heterocycles. The fraction of sp³-hybridized carbons (Fsp3) is 0.188. The van der Waals surface area contributed by atoms with Crippen LogP contribution >= 0.6 is 23.4 Å². The summed E-state index contributed by atoms with van der Waals surface area (Å²) in [6, 6.07) is 7.60. The van der Waals surface area contributed by atoms with Crippen molar-refractivity contribution in [3.05, 3.63) is 52.8 Å². The number of thioether (sulfide) groups is 1. The maximum atomic E-state index is 12.0. The van der Waals surface area contributed by atoms with E-state index in [0.717, 1.165) is 28.2 Å². The van der Waals surface area contributed by atoms with Crippen LogP contribution in [0.2, 0.25) is 5.02 Å². The van der Waals surface area contributed by atoms with Crippen molar-refractivity contribution < 1.29 is 4.79 Å². The Labute approximate surface area is 147 Å². The first-order valence-electron chi connectivity index (χ1n) is 7.36. The molecular weight excluding hydrogens is 346 g/mol. The first-order chi connectivity index (χ1) is 11.6. The van der Waals surface area contributed by atoms with Crippen molar-refractivity contribution in [2.75, 3.05) is 11.1 Å². The SMILES string of the molecule is Cn1ncc2c1NC(=O)CS[C@@H]2c1cn[nH]c1-c1ccc(Cl)cc1. The number of carbonyl (C=O) groups excluding carboxylic acids is 1. The number of aromatic amines is 1. The van der Waals surface area contributed by atoms with Crippen LogP contribution in [-0.2, 0) is 11.8 Å². The van der Waals surface area contributed by atoms with E-state index in [2.05, 4.69) is 20.6 Å². The number of nitrogens with one attached hydrogen (secondary N) is 2. The second kappa shape index (κ2) is 5.99. The third-order valence-electron chi connectivity index (χ3n) is 3.97. The van der Waals surface area contributed by atoms with Crippen LogP contribution in [0.15, 0.2) is 36.7 Å². The Bertz CT molecular complexity index is 902. The first kappa shape index (κ1) is 15.3. The van der Waals surface area contributed by atoms with Crippen LogP contribution in [0.3, 0.4) is 0 Å². The highest BCUT2D eigenvalue weighted by Gasteiger charge is 2.29. The first-order valence-corrected chi connectivity index (χ1v) is 8.78. The lowest BCUT2D eigenvalue weighted by atomic mass is 10.0. The predicted molar refractivity (Wildman–Crippen MR) is 95.2 cm³/mol. The van der Waals surface area contributed by atoms with E-state index in [9.17, 15) is 4.79 Å². The molecule has 6 nitrogen and oxygen atoms in total. The molecule has 24 heavy (non-hydrogen) atoms. The van der Waals surface area contributed by atoms with Crippen LogP contribution in [0.1, 0.15) is 16.4 Å². The molecule has 0 spiro atoms. The lowest BCUT2D eigenvalue weighted by Gasteiger charge is -2.14. The molecule has 3 aromatic rings. The zero-order valence-electron chi connectivity index (χ0n) is 12.8. The van der Waals surface area contributed by atoms with Crippen molar-refractivity contribution >= 4 is 35.1 Å². The van der Waals surface area contributed by atoms with Gasteiger partial charge >= 0.3 is 0 Å². The van der Waals surface area contributed by atoms with E-state index in [1.54, 1.807) is 22.6 Å². The normalized spacial score (nSPS) is 17.2. The summed E-state index contributed by atoms with van der Waals surface area (Å²) >= 11 is 7.55. The van der Waals surface area contributed by atoms with Gasteiger partial charge in [-0.2, -0.15) is 10.2 Å². The Balaban J connectivity index is 1.81. The molecular formula is C16H14ClN5OS. The Morgan fingerprint density at radius 1 is 1.25 bits per heavy atom. The third kappa shape index (κ3) is 2.59. The molecule has 122 valence electrons. The summed E-state index contributed by atoms with van der Waals surface area (Å²) < 4.78 is 1.69. The molecule has 0 bridgehead atoms. The van der Waals surface area contributed by atoms with Gasteiger partial charge in [0.05, 0.1) is 29.1 Å². The number of hydrogen-bond acceptors (Lipinski definition) is 4. The van der Waals surface area contributed by atoms with Gasteiger partial charge in [0.15, 0.2) is 0 Å². The molecule has 0 saturated heterocycles. The van der Waals surface area contributed by atoms with Gasteiger partial charge in [0.2, 0.25) is 5.91 Å². The maximum absolute atomic E-state index is 12.0. The predicted octanol–water partition coefficient (Wildman–Crippen LogP) is 3.24. The highest BCUT2D eigenvalue weighted by molar-refractivity contribution is 8.00. The number of benzene rings is 1. The molecule has 1 aromatic carbocycles. The number of carbonyl (C=O) groups is 1. The Morgan fingerprint density at radius 2 is 2.04 bits per heavy atom. The van der Waals surface area contributed by atoms with Crippen LogP contribution in [0.4, 0.5) is 5.82 Å². The number of hydrogen-bond donors (Lipinski definition) is 2. The lowest BCUT2D eigenvalue weighted by molar-refractivity contribution is -0.113. The fourth-order valence-electron chi connectivity index (χ4n) is 2.82. The molecule has 8 heteroatoms. The Kier molecular flexibility index (Phi) is 3.82. The number of anilines is 1. The number of rotatable bonds is 2. The van der Waals surface area contributed by atoms with Crippen LogP contribution in [0, 0.1) is 0 Å². The number of H-pyrrole nitrogens is 1. The molecule has 1 aliphatic rings. The molecule has 1 atom stereocenters. The van der Waals surface area contributed by atoms with Gasteiger partial charge in [-0.15, -0.1) is 11.8 Å². The van der Waals surface area contributed by atoms with Gasteiger partial charge in [0.1, 0.15) is 5.82 Å². The minimum absolute atomic E-state index is 0.0242. The van der Waals surface area contributed by atoms with Crippen LogP contribution < -0.4 is 5.32 Å². The van der Waals surface area contributed by atoms with Gasteiger partial charge in [-0.25, -0.2) is 0 Å². The Hall–Kier alpha value is -2.25. The van der Waals surface area contributed by atoms with Gasteiger partial charge in [-0.3, -0.25) is 14.6 Å². The summed E-state index contributed by atoms with van der Waals surface area (Å²) in [5, 5.41) is 15.2. The van der Waals surface area contributed by atoms with Crippen LogP contribution in [0.25, 0.3) is 11.3 Å². The molecule has 0 saturated carbocycles. The maximum Gasteiger partial charge on any atom is 0.235 e. The smallest absolute Gasteiger partial charge is 0.235 e. The van der Waals surface area contributed by atoms with E-state index in [0.29, 0.717) is 10.8 Å². The van der Waals surface area contributed by atoms with Crippen molar-refractivity contribution in [3.63, 3.8) is 0 Å². The number of amides is 1. The third-order valence-corrected chi connectivity index (χ3v) is 5.49. The number of aryl methyl sites for hydroxylation is 1. The number of halogens is 1.